The first kappa shape index (κ1) is 14.4. The van der Waals surface area contributed by atoms with E-state index in [1.54, 1.807) is 0 Å². The molecular weight excluding hydrogens is 228 g/mol. The zero-order valence-electron chi connectivity index (χ0n) is 11.0. The molecule has 1 aromatic rings. The zero-order valence-corrected chi connectivity index (χ0v) is 11.0. The number of hydrogen-bond acceptors (Lipinski definition) is 3. The van der Waals surface area contributed by atoms with Crippen LogP contribution in [0.1, 0.15) is 38.7 Å². The second kappa shape index (κ2) is 7.64. The first-order valence-corrected chi connectivity index (χ1v) is 6.33. The van der Waals surface area contributed by atoms with Gasteiger partial charge in [-0.2, -0.15) is 0 Å². The standard InChI is InChI=1S/C15H20O3/c1-12(2)7-6-10-14(16)15(17)18-11-13-8-4-3-5-9-13/h3-5,8-9,12H,6-7,10-11H2,1-2H3. The molecule has 0 bridgehead atoms. The minimum Gasteiger partial charge on any atom is -0.455 e. The van der Waals surface area contributed by atoms with Gasteiger partial charge in [-0.05, 0) is 17.9 Å². The zero-order chi connectivity index (χ0) is 13.4. The SMILES string of the molecule is CC(C)CCCC(=O)C(=O)OCc1ccccc1. The molecule has 0 N–H and O–H groups in total. The summed E-state index contributed by atoms with van der Waals surface area (Å²) in [5.74, 6) is -0.590. The quantitative estimate of drug-likeness (QED) is 0.550. The van der Waals surface area contributed by atoms with Gasteiger partial charge in [-0.15, -0.1) is 0 Å². The van der Waals surface area contributed by atoms with Crippen LogP contribution in [0.15, 0.2) is 30.3 Å². The van der Waals surface area contributed by atoms with Crippen molar-refractivity contribution in [3.05, 3.63) is 35.9 Å². The van der Waals surface area contributed by atoms with E-state index in [-0.39, 0.29) is 13.0 Å². The Hall–Kier alpha value is -1.64. The molecule has 18 heavy (non-hydrogen) atoms. The number of esters is 1. The van der Waals surface area contributed by atoms with Crippen molar-refractivity contribution in [2.45, 2.75) is 39.7 Å². The lowest BCUT2D eigenvalue weighted by molar-refractivity contribution is -0.154. The number of ether oxygens (including phenoxy) is 1. The summed E-state index contributed by atoms with van der Waals surface area (Å²) in [5.41, 5.74) is 0.890. The van der Waals surface area contributed by atoms with Crippen molar-refractivity contribution >= 4 is 11.8 Å². The number of ketones is 1. The summed E-state index contributed by atoms with van der Waals surface area (Å²) in [4.78, 5) is 22.9. The summed E-state index contributed by atoms with van der Waals surface area (Å²) >= 11 is 0. The number of benzene rings is 1. The lowest BCUT2D eigenvalue weighted by Crippen LogP contribution is -2.17. The molecule has 98 valence electrons. The minimum atomic E-state index is -0.720. The highest BCUT2D eigenvalue weighted by Gasteiger charge is 2.14. The monoisotopic (exact) mass is 248 g/mol. The van der Waals surface area contributed by atoms with E-state index >= 15 is 0 Å². The molecule has 0 atom stereocenters. The van der Waals surface area contributed by atoms with Gasteiger partial charge in [0.05, 0.1) is 0 Å². The smallest absolute Gasteiger partial charge is 0.374 e. The number of rotatable bonds is 7. The Bertz CT molecular complexity index is 382. The van der Waals surface area contributed by atoms with E-state index in [1.165, 1.54) is 0 Å². The van der Waals surface area contributed by atoms with Crippen molar-refractivity contribution in [2.24, 2.45) is 5.92 Å². The topological polar surface area (TPSA) is 43.4 Å². The molecule has 1 rings (SSSR count). The van der Waals surface area contributed by atoms with Gasteiger partial charge in [0, 0.05) is 6.42 Å². The van der Waals surface area contributed by atoms with Gasteiger partial charge >= 0.3 is 5.97 Å². The van der Waals surface area contributed by atoms with E-state index in [9.17, 15) is 9.59 Å². The second-order valence-electron chi connectivity index (χ2n) is 4.77. The van der Waals surface area contributed by atoms with Crippen molar-refractivity contribution in [3.8, 4) is 0 Å². The Morgan fingerprint density at radius 3 is 2.44 bits per heavy atom. The normalized spacial score (nSPS) is 10.4. The molecule has 0 aliphatic carbocycles. The molecule has 0 unspecified atom stereocenters. The number of Topliss-reactive ketones (excluding diaryl/α,β-unsaturated/α-hetero) is 1. The maximum Gasteiger partial charge on any atom is 0.374 e. The Labute approximate surface area is 108 Å². The van der Waals surface area contributed by atoms with Crippen LogP contribution in [0.5, 0.6) is 0 Å². The molecule has 3 nitrogen and oxygen atoms in total. The largest absolute Gasteiger partial charge is 0.455 e. The van der Waals surface area contributed by atoms with Crippen LogP contribution in [0.4, 0.5) is 0 Å². The highest BCUT2D eigenvalue weighted by molar-refractivity contribution is 6.33. The summed E-state index contributed by atoms with van der Waals surface area (Å²) in [5, 5.41) is 0. The van der Waals surface area contributed by atoms with Gasteiger partial charge in [-0.3, -0.25) is 4.79 Å². The summed E-state index contributed by atoms with van der Waals surface area (Å²) in [7, 11) is 0. The van der Waals surface area contributed by atoms with Gasteiger partial charge in [0.25, 0.3) is 0 Å². The lowest BCUT2D eigenvalue weighted by Gasteiger charge is -2.05. The maximum atomic E-state index is 11.5. The van der Waals surface area contributed by atoms with Crippen molar-refractivity contribution in [2.75, 3.05) is 0 Å². The van der Waals surface area contributed by atoms with Crippen molar-refractivity contribution in [1.29, 1.82) is 0 Å². The number of hydrogen-bond donors (Lipinski definition) is 0. The van der Waals surface area contributed by atoms with E-state index < -0.39 is 11.8 Å². The molecule has 0 amide bonds. The van der Waals surface area contributed by atoms with E-state index in [0.29, 0.717) is 5.92 Å². The van der Waals surface area contributed by atoms with Gasteiger partial charge < -0.3 is 4.74 Å². The Morgan fingerprint density at radius 2 is 1.83 bits per heavy atom. The van der Waals surface area contributed by atoms with E-state index in [0.717, 1.165) is 18.4 Å². The Balaban J connectivity index is 2.26. The molecule has 0 saturated carbocycles. The third-order valence-electron chi connectivity index (χ3n) is 2.63. The molecule has 0 aliphatic heterocycles. The van der Waals surface area contributed by atoms with Crippen LogP contribution in [-0.4, -0.2) is 11.8 Å². The van der Waals surface area contributed by atoms with Crippen LogP contribution in [0.3, 0.4) is 0 Å². The van der Waals surface area contributed by atoms with Crippen molar-refractivity contribution in [1.82, 2.24) is 0 Å². The predicted molar refractivity (Wildman–Crippen MR) is 69.9 cm³/mol. The lowest BCUT2D eigenvalue weighted by atomic mass is 10.1. The van der Waals surface area contributed by atoms with E-state index in [4.69, 9.17) is 4.74 Å². The number of carbonyl (C=O) groups excluding carboxylic acids is 2. The fourth-order valence-corrected chi connectivity index (χ4v) is 1.58. The van der Waals surface area contributed by atoms with Gasteiger partial charge in [0.2, 0.25) is 5.78 Å². The van der Waals surface area contributed by atoms with Crippen LogP contribution >= 0.6 is 0 Å². The van der Waals surface area contributed by atoms with Crippen LogP contribution in [0.2, 0.25) is 0 Å². The molecule has 0 aromatic heterocycles. The molecular formula is C15H20O3. The van der Waals surface area contributed by atoms with Crippen LogP contribution < -0.4 is 0 Å². The summed E-state index contributed by atoms with van der Waals surface area (Å²) in [6.45, 7) is 4.35. The predicted octanol–water partition coefficient (Wildman–Crippen LogP) is 3.13. The fraction of sp³-hybridized carbons (Fsp3) is 0.467. The van der Waals surface area contributed by atoms with Crippen LogP contribution in [-0.2, 0) is 20.9 Å². The van der Waals surface area contributed by atoms with E-state index in [1.807, 2.05) is 30.3 Å². The number of carbonyl (C=O) groups is 2. The van der Waals surface area contributed by atoms with Crippen molar-refractivity contribution < 1.29 is 14.3 Å². The van der Waals surface area contributed by atoms with Crippen molar-refractivity contribution in [3.63, 3.8) is 0 Å². The molecule has 3 heteroatoms. The first-order chi connectivity index (χ1) is 8.59. The maximum absolute atomic E-state index is 11.5. The first-order valence-electron chi connectivity index (χ1n) is 6.33. The molecule has 0 fully saturated rings. The Morgan fingerprint density at radius 1 is 1.17 bits per heavy atom. The van der Waals surface area contributed by atoms with Crippen LogP contribution in [0, 0.1) is 5.92 Å². The highest BCUT2D eigenvalue weighted by Crippen LogP contribution is 2.07. The minimum absolute atomic E-state index is 0.162. The van der Waals surface area contributed by atoms with E-state index in [2.05, 4.69) is 13.8 Å². The molecule has 0 radical (unpaired) electrons. The second-order valence-corrected chi connectivity index (χ2v) is 4.77. The molecule has 0 spiro atoms. The van der Waals surface area contributed by atoms with Gasteiger partial charge in [0.1, 0.15) is 6.61 Å². The average molecular weight is 248 g/mol. The average Bonchev–Trinajstić information content (AvgIpc) is 2.36. The van der Waals surface area contributed by atoms with Crippen LogP contribution in [0.25, 0.3) is 0 Å². The Kier molecular flexibility index (Phi) is 6.12. The van der Waals surface area contributed by atoms with Gasteiger partial charge in [-0.1, -0.05) is 50.6 Å². The molecule has 1 aromatic carbocycles. The van der Waals surface area contributed by atoms with Gasteiger partial charge in [-0.25, -0.2) is 4.79 Å². The third kappa shape index (κ3) is 5.62. The highest BCUT2D eigenvalue weighted by atomic mass is 16.5. The summed E-state index contributed by atoms with van der Waals surface area (Å²) < 4.78 is 4.96. The molecule has 0 aliphatic rings. The molecule has 0 saturated heterocycles. The fourth-order valence-electron chi connectivity index (χ4n) is 1.58. The summed E-state index contributed by atoms with van der Waals surface area (Å²) in [6, 6.07) is 9.34. The summed E-state index contributed by atoms with van der Waals surface area (Å²) in [6.07, 6.45) is 1.99. The third-order valence-corrected chi connectivity index (χ3v) is 2.63. The van der Waals surface area contributed by atoms with Gasteiger partial charge in [0.15, 0.2) is 0 Å². The molecule has 0 heterocycles.